The van der Waals surface area contributed by atoms with E-state index in [0.717, 1.165) is 31.1 Å². The molecule has 2 aliphatic heterocycles. The molecular weight excluding hydrogens is 240 g/mol. The first-order valence-corrected chi connectivity index (χ1v) is 6.91. The van der Waals surface area contributed by atoms with Gasteiger partial charge in [-0.1, -0.05) is 0 Å². The van der Waals surface area contributed by atoms with Gasteiger partial charge in [0.2, 0.25) is 0 Å². The standard InChI is InChI=1S/C14H20N4O/c1-9-4-5-11(13(15)19)14(17-9)18-7-10-3-2-6-16-12(10)8-18/h4-5,10,12,16H,2-3,6-8H2,1H3,(H2,15,19). The molecule has 2 saturated heterocycles. The fraction of sp³-hybridized carbons (Fsp3) is 0.571. The van der Waals surface area contributed by atoms with Gasteiger partial charge in [0.25, 0.3) is 5.91 Å². The number of nitrogens with zero attached hydrogens (tertiary/aromatic N) is 2. The van der Waals surface area contributed by atoms with Crippen LogP contribution >= 0.6 is 0 Å². The van der Waals surface area contributed by atoms with Crippen LogP contribution in [0, 0.1) is 12.8 Å². The highest BCUT2D eigenvalue weighted by Gasteiger charge is 2.35. The van der Waals surface area contributed by atoms with Crippen LogP contribution in [-0.2, 0) is 0 Å². The van der Waals surface area contributed by atoms with E-state index in [4.69, 9.17) is 5.73 Å². The summed E-state index contributed by atoms with van der Waals surface area (Å²) in [7, 11) is 0. The molecule has 5 nitrogen and oxygen atoms in total. The van der Waals surface area contributed by atoms with E-state index in [0.29, 0.717) is 17.5 Å². The van der Waals surface area contributed by atoms with Gasteiger partial charge in [-0.3, -0.25) is 4.79 Å². The lowest BCUT2D eigenvalue weighted by atomic mass is 9.94. The number of amides is 1. The number of rotatable bonds is 2. The van der Waals surface area contributed by atoms with Crippen LogP contribution in [0.3, 0.4) is 0 Å². The Balaban J connectivity index is 1.90. The van der Waals surface area contributed by atoms with Crippen molar-refractivity contribution in [1.82, 2.24) is 10.3 Å². The zero-order valence-electron chi connectivity index (χ0n) is 11.2. The summed E-state index contributed by atoms with van der Waals surface area (Å²) in [4.78, 5) is 18.3. The van der Waals surface area contributed by atoms with E-state index in [9.17, 15) is 4.79 Å². The number of carbonyl (C=O) groups excluding carboxylic acids is 1. The second kappa shape index (κ2) is 4.81. The van der Waals surface area contributed by atoms with Gasteiger partial charge >= 0.3 is 0 Å². The molecule has 1 aromatic heterocycles. The summed E-state index contributed by atoms with van der Waals surface area (Å²) in [5, 5.41) is 3.56. The highest BCUT2D eigenvalue weighted by atomic mass is 16.1. The molecule has 0 radical (unpaired) electrons. The Bertz CT molecular complexity index is 488. The number of hydrogen-bond acceptors (Lipinski definition) is 4. The third kappa shape index (κ3) is 2.30. The van der Waals surface area contributed by atoms with Crippen LogP contribution in [0.1, 0.15) is 28.9 Å². The largest absolute Gasteiger partial charge is 0.365 e. The topological polar surface area (TPSA) is 71.2 Å². The van der Waals surface area contributed by atoms with Crippen molar-refractivity contribution >= 4 is 11.7 Å². The molecule has 3 N–H and O–H groups in total. The average molecular weight is 260 g/mol. The Morgan fingerprint density at radius 2 is 2.32 bits per heavy atom. The second-order valence-corrected chi connectivity index (χ2v) is 5.56. The van der Waals surface area contributed by atoms with E-state index >= 15 is 0 Å². The van der Waals surface area contributed by atoms with E-state index < -0.39 is 5.91 Å². The molecule has 2 fully saturated rings. The number of pyridine rings is 1. The monoisotopic (exact) mass is 260 g/mol. The van der Waals surface area contributed by atoms with Crippen LogP contribution < -0.4 is 16.0 Å². The molecular formula is C14H20N4O. The van der Waals surface area contributed by atoms with Crippen LogP contribution in [0.5, 0.6) is 0 Å². The van der Waals surface area contributed by atoms with Crippen molar-refractivity contribution in [2.75, 3.05) is 24.5 Å². The van der Waals surface area contributed by atoms with Crippen LogP contribution in [0.2, 0.25) is 0 Å². The van der Waals surface area contributed by atoms with Gasteiger partial charge in [-0.05, 0) is 44.4 Å². The SMILES string of the molecule is Cc1ccc(C(N)=O)c(N2CC3CCCNC3C2)n1. The minimum absolute atomic E-state index is 0.398. The van der Waals surface area contributed by atoms with Crippen molar-refractivity contribution in [1.29, 1.82) is 0 Å². The average Bonchev–Trinajstić information content (AvgIpc) is 2.81. The zero-order chi connectivity index (χ0) is 13.4. The van der Waals surface area contributed by atoms with E-state index in [-0.39, 0.29) is 0 Å². The first-order valence-electron chi connectivity index (χ1n) is 6.91. The minimum Gasteiger partial charge on any atom is -0.365 e. The molecule has 19 heavy (non-hydrogen) atoms. The van der Waals surface area contributed by atoms with Gasteiger partial charge in [0.15, 0.2) is 0 Å². The molecule has 3 rings (SSSR count). The summed E-state index contributed by atoms with van der Waals surface area (Å²) in [6.45, 7) is 4.92. The first-order chi connectivity index (χ1) is 9.15. The number of primary amides is 1. The molecule has 0 saturated carbocycles. The summed E-state index contributed by atoms with van der Waals surface area (Å²) in [6, 6.07) is 4.15. The summed E-state index contributed by atoms with van der Waals surface area (Å²) in [6.07, 6.45) is 2.49. The highest BCUT2D eigenvalue weighted by Crippen LogP contribution is 2.29. The van der Waals surface area contributed by atoms with Crippen molar-refractivity contribution in [2.45, 2.75) is 25.8 Å². The Kier molecular flexibility index (Phi) is 3.14. The predicted molar refractivity (Wildman–Crippen MR) is 74.2 cm³/mol. The van der Waals surface area contributed by atoms with Crippen LogP contribution in [0.4, 0.5) is 5.82 Å². The van der Waals surface area contributed by atoms with E-state index in [1.165, 1.54) is 12.8 Å². The fourth-order valence-corrected chi connectivity index (χ4v) is 3.20. The third-order valence-electron chi connectivity index (χ3n) is 4.18. The van der Waals surface area contributed by atoms with Crippen LogP contribution in [-0.4, -0.2) is 36.6 Å². The number of nitrogens with one attached hydrogen (secondary N) is 1. The number of nitrogens with two attached hydrogens (primary N) is 1. The van der Waals surface area contributed by atoms with E-state index in [1.807, 2.05) is 13.0 Å². The summed E-state index contributed by atoms with van der Waals surface area (Å²) in [5.41, 5.74) is 6.91. The maximum Gasteiger partial charge on any atom is 0.252 e. The number of piperidine rings is 1. The maximum absolute atomic E-state index is 11.5. The third-order valence-corrected chi connectivity index (χ3v) is 4.18. The predicted octanol–water partition coefficient (Wildman–Crippen LogP) is 0.677. The molecule has 5 heteroatoms. The van der Waals surface area contributed by atoms with Crippen molar-refractivity contribution in [3.05, 3.63) is 23.4 Å². The van der Waals surface area contributed by atoms with Gasteiger partial charge in [0.05, 0.1) is 5.56 Å². The molecule has 2 unspecified atom stereocenters. The lowest BCUT2D eigenvalue weighted by Crippen LogP contribution is -2.40. The van der Waals surface area contributed by atoms with Crippen LogP contribution in [0.15, 0.2) is 12.1 Å². The van der Waals surface area contributed by atoms with Gasteiger partial charge in [-0.15, -0.1) is 0 Å². The van der Waals surface area contributed by atoms with Crippen molar-refractivity contribution < 1.29 is 4.79 Å². The lowest BCUT2D eigenvalue weighted by Gasteiger charge is -2.24. The first kappa shape index (κ1) is 12.4. The van der Waals surface area contributed by atoms with Crippen molar-refractivity contribution in [2.24, 2.45) is 11.7 Å². The Morgan fingerprint density at radius 3 is 3.05 bits per heavy atom. The number of aryl methyl sites for hydroxylation is 1. The van der Waals surface area contributed by atoms with Gasteiger partial charge in [0.1, 0.15) is 5.82 Å². The maximum atomic E-state index is 11.5. The Labute approximate surface area is 113 Å². The molecule has 0 bridgehead atoms. The van der Waals surface area contributed by atoms with Gasteiger partial charge in [-0.25, -0.2) is 4.98 Å². The Morgan fingerprint density at radius 1 is 1.47 bits per heavy atom. The Hall–Kier alpha value is -1.62. The number of hydrogen-bond donors (Lipinski definition) is 2. The molecule has 0 spiro atoms. The molecule has 2 aliphatic rings. The second-order valence-electron chi connectivity index (χ2n) is 5.56. The normalized spacial score (nSPS) is 26.3. The number of anilines is 1. The van der Waals surface area contributed by atoms with Crippen molar-refractivity contribution in [3.8, 4) is 0 Å². The van der Waals surface area contributed by atoms with Gasteiger partial charge in [0, 0.05) is 24.8 Å². The van der Waals surface area contributed by atoms with Gasteiger partial charge in [-0.2, -0.15) is 0 Å². The van der Waals surface area contributed by atoms with Crippen LogP contribution in [0.25, 0.3) is 0 Å². The molecule has 1 aromatic rings. The lowest BCUT2D eigenvalue weighted by molar-refractivity contribution is 0.100. The quantitative estimate of drug-likeness (QED) is 0.820. The zero-order valence-corrected chi connectivity index (χ0v) is 11.2. The highest BCUT2D eigenvalue weighted by molar-refractivity contribution is 5.97. The fourth-order valence-electron chi connectivity index (χ4n) is 3.20. The molecule has 0 aromatic carbocycles. The number of aromatic nitrogens is 1. The summed E-state index contributed by atoms with van der Waals surface area (Å²) < 4.78 is 0. The van der Waals surface area contributed by atoms with Crippen molar-refractivity contribution in [3.63, 3.8) is 0 Å². The molecule has 1 amide bonds. The summed E-state index contributed by atoms with van der Waals surface area (Å²) in [5.74, 6) is 1.02. The number of carbonyl (C=O) groups is 1. The molecule has 102 valence electrons. The smallest absolute Gasteiger partial charge is 0.252 e. The summed E-state index contributed by atoms with van der Waals surface area (Å²) >= 11 is 0. The van der Waals surface area contributed by atoms with E-state index in [1.54, 1.807) is 6.07 Å². The minimum atomic E-state index is -0.398. The molecule has 3 heterocycles. The van der Waals surface area contributed by atoms with E-state index in [2.05, 4.69) is 15.2 Å². The molecule has 2 atom stereocenters. The van der Waals surface area contributed by atoms with Gasteiger partial charge < -0.3 is 16.0 Å². The molecule has 0 aliphatic carbocycles. The number of fused-ring (bicyclic) bond motifs is 1.